The van der Waals surface area contributed by atoms with Crippen LogP contribution in [0.15, 0.2) is 18.3 Å². The van der Waals surface area contributed by atoms with Crippen LogP contribution in [0.25, 0.3) is 0 Å². The van der Waals surface area contributed by atoms with Gasteiger partial charge in [-0.3, -0.25) is 4.98 Å². The van der Waals surface area contributed by atoms with Gasteiger partial charge in [-0.05, 0) is 12.1 Å². The summed E-state index contributed by atoms with van der Waals surface area (Å²) in [7, 11) is 1.38. The number of methoxy groups -OCH3 is 1. The summed E-state index contributed by atoms with van der Waals surface area (Å²) in [5.74, 6) is -0.331. The van der Waals surface area contributed by atoms with Gasteiger partial charge in [0.15, 0.2) is 0 Å². The Morgan fingerprint density at radius 2 is 2.07 bits per heavy atom. The third kappa shape index (κ3) is 2.10. The third-order valence-electron chi connectivity index (χ3n) is 1.92. The van der Waals surface area contributed by atoms with E-state index in [0.717, 1.165) is 5.69 Å². The molecule has 1 rings (SSSR count). The number of esters is 1. The van der Waals surface area contributed by atoms with Crippen LogP contribution in [0.2, 0.25) is 0 Å². The Labute approximate surface area is 84.1 Å². The first-order chi connectivity index (χ1) is 6.46. The molecule has 0 aliphatic rings. The van der Waals surface area contributed by atoms with Gasteiger partial charge in [-0.2, -0.15) is 0 Å². The molecule has 0 radical (unpaired) electrons. The number of hydrogen-bond acceptors (Lipinski definition) is 3. The van der Waals surface area contributed by atoms with E-state index in [9.17, 15) is 4.79 Å². The van der Waals surface area contributed by atoms with Gasteiger partial charge in [-0.25, -0.2) is 4.79 Å². The van der Waals surface area contributed by atoms with Gasteiger partial charge in [0.25, 0.3) is 0 Å². The summed E-state index contributed by atoms with van der Waals surface area (Å²) < 4.78 is 4.69. The molecule has 0 fully saturated rings. The normalized spacial score (nSPS) is 11.1. The van der Waals surface area contributed by atoms with Crippen LogP contribution in [0.4, 0.5) is 0 Å². The molecule has 3 heteroatoms. The van der Waals surface area contributed by atoms with Crippen molar-refractivity contribution < 1.29 is 9.53 Å². The van der Waals surface area contributed by atoms with E-state index in [-0.39, 0.29) is 11.4 Å². The smallest absolute Gasteiger partial charge is 0.339 e. The lowest BCUT2D eigenvalue weighted by molar-refractivity contribution is 0.0597. The molecule has 1 aromatic rings. The maximum Gasteiger partial charge on any atom is 0.339 e. The predicted molar refractivity (Wildman–Crippen MR) is 54.3 cm³/mol. The first-order valence-electron chi connectivity index (χ1n) is 4.50. The number of rotatable bonds is 1. The van der Waals surface area contributed by atoms with Gasteiger partial charge < -0.3 is 4.74 Å². The number of ether oxygens (including phenoxy) is 1. The Morgan fingerprint density at radius 1 is 1.43 bits per heavy atom. The van der Waals surface area contributed by atoms with Crippen LogP contribution in [-0.2, 0) is 10.2 Å². The van der Waals surface area contributed by atoms with Crippen molar-refractivity contribution in [1.29, 1.82) is 0 Å². The molecule has 0 aliphatic carbocycles. The van der Waals surface area contributed by atoms with Crippen LogP contribution in [-0.4, -0.2) is 18.1 Å². The molecule has 0 atom stereocenters. The van der Waals surface area contributed by atoms with E-state index in [2.05, 4.69) is 4.98 Å². The zero-order valence-electron chi connectivity index (χ0n) is 9.00. The second kappa shape index (κ2) is 3.78. The van der Waals surface area contributed by atoms with E-state index in [1.807, 2.05) is 20.8 Å². The van der Waals surface area contributed by atoms with Gasteiger partial charge in [0.05, 0.1) is 18.4 Å². The molecule has 14 heavy (non-hydrogen) atoms. The molecule has 0 amide bonds. The van der Waals surface area contributed by atoms with Gasteiger partial charge >= 0.3 is 5.97 Å². The van der Waals surface area contributed by atoms with Crippen molar-refractivity contribution in [3.8, 4) is 0 Å². The number of aromatic nitrogens is 1. The van der Waals surface area contributed by atoms with Crippen molar-refractivity contribution in [3.63, 3.8) is 0 Å². The summed E-state index contributed by atoms with van der Waals surface area (Å²) in [4.78, 5) is 15.6. The minimum atomic E-state index is -0.331. The molecule has 0 unspecified atom stereocenters. The van der Waals surface area contributed by atoms with Crippen LogP contribution in [0.3, 0.4) is 0 Å². The Morgan fingerprint density at radius 3 is 2.57 bits per heavy atom. The monoisotopic (exact) mass is 193 g/mol. The van der Waals surface area contributed by atoms with Crippen LogP contribution >= 0.6 is 0 Å². The van der Waals surface area contributed by atoms with E-state index in [4.69, 9.17) is 4.74 Å². The predicted octanol–water partition coefficient (Wildman–Crippen LogP) is 2.17. The summed E-state index contributed by atoms with van der Waals surface area (Å²) in [6.07, 6.45) is 1.69. The minimum Gasteiger partial charge on any atom is -0.465 e. The van der Waals surface area contributed by atoms with Gasteiger partial charge in [0.1, 0.15) is 0 Å². The highest BCUT2D eigenvalue weighted by molar-refractivity contribution is 5.90. The minimum absolute atomic E-state index is 0.148. The number of nitrogens with zero attached hydrogens (tertiary/aromatic N) is 1. The van der Waals surface area contributed by atoms with Crippen molar-refractivity contribution in [2.24, 2.45) is 0 Å². The quantitative estimate of drug-likeness (QED) is 0.641. The van der Waals surface area contributed by atoms with E-state index in [0.29, 0.717) is 5.56 Å². The number of pyridine rings is 1. The summed E-state index contributed by atoms with van der Waals surface area (Å²) in [6, 6.07) is 3.47. The Kier molecular flexibility index (Phi) is 2.89. The molecule has 1 aromatic heterocycles. The summed E-state index contributed by atoms with van der Waals surface area (Å²) >= 11 is 0. The first-order valence-corrected chi connectivity index (χ1v) is 4.50. The molecule has 76 valence electrons. The average molecular weight is 193 g/mol. The second-order valence-corrected chi connectivity index (χ2v) is 4.14. The van der Waals surface area contributed by atoms with Gasteiger partial charge in [0.2, 0.25) is 0 Å². The van der Waals surface area contributed by atoms with Crippen molar-refractivity contribution in [2.75, 3.05) is 7.11 Å². The van der Waals surface area contributed by atoms with Gasteiger partial charge in [0, 0.05) is 11.6 Å². The molecule has 3 nitrogen and oxygen atoms in total. The molecule has 0 bridgehead atoms. The highest BCUT2D eigenvalue weighted by Gasteiger charge is 2.22. The highest BCUT2D eigenvalue weighted by Crippen LogP contribution is 2.23. The third-order valence-corrected chi connectivity index (χ3v) is 1.92. The van der Waals surface area contributed by atoms with Crippen molar-refractivity contribution in [1.82, 2.24) is 4.98 Å². The zero-order valence-corrected chi connectivity index (χ0v) is 9.00. The fourth-order valence-electron chi connectivity index (χ4n) is 1.28. The molecule has 0 aliphatic heterocycles. The molecule has 0 aromatic carbocycles. The van der Waals surface area contributed by atoms with E-state index in [1.165, 1.54) is 7.11 Å². The van der Waals surface area contributed by atoms with Crippen LogP contribution in [0.1, 0.15) is 36.8 Å². The largest absolute Gasteiger partial charge is 0.465 e. The Hall–Kier alpha value is -1.38. The van der Waals surface area contributed by atoms with Gasteiger partial charge in [-0.15, -0.1) is 0 Å². The van der Waals surface area contributed by atoms with E-state index >= 15 is 0 Å². The lowest BCUT2D eigenvalue weighted by Gasteiger charge is -2.19. The fourth-order valence-corrected chi connectivity index (χ4v) is 1.28. The van der Waals surface area contributed by atoms with Crippen molar-refractivity contribution >= 4 is 5.97 Å². The lowest BCUT2D eigenvalue weighted by Crippen LogP contribution is -2.19. The van der Waals surface area contributed by atoms with Crippen molar-refractivity contribution in [2.45, 2.75) is 26.2 Å². The second-order valence-electron chi connectivity index (χ2n) is 4.14. The molecule has 0 saturated carbocycles. The maximum absolute atomic E-state index is 11.4. The summed E-state index contributed by atoms with van der Waals surface area (Å²) in [6.45, 7) is 6.05. The fraction of sp³-hybridized carbons (Fsp3) is 0.455. The standard InChI is InChI=1S/C11H15NO2/c1-11(2,3)9-8(10(13)14-4)6-5-7-12-9/h5-7H,1-4H3. The topological polar surface area (TPSA) is 39.2 Å². The molecule has 0 N–H and O–H groups in total. The summed E-state index contributed by atoms with van der Waals surface area (Å²) in [5, 5.41) is 0. The average Bonchev–Trinajstić information content (AvgIpc) is 2.15. The van der Waals surface area contributed by atoms with Crippen LogP contribution in [0.5, 0.6) is 0 Å². The van der Waals surface area contributed by atoms with Crippen LogP contribution < -0.4 is 0 Å². The van der Waals surface area contributed by atoms with Crippen molar-refractivity contribution in [3.05, 3.63) is 29.6 Å². The van der Waals surface area contributed by atoms with E-state index in [1.54, 1.807) is 18.3 Å². The Balaban J connectivity index is 3.23. The molecule has 0 saturated heterocycles. The molecule has 1 heterocycles. The maximum atomic E-state index is 11.4. The van der Waals surface area contributed by atoms with E-state index < -0.39 is 0 Å². The first kappa shape index (κ1) is 10.7. The lowest BCUT2D eigenvalue weighted by atomic mass is 9.88. The number of carbonyl (C=O) groups is 1. The number of hydrogen-bond donors (Lipinski definition) is 0. The number of carbonyl (C=O) groups excluding carboxylic acids is 1. The molecular formula is C11H15NO2. The SMILES string of the molecule is COC(=O)c1cccnc1C(C)(C)C. The van der Waals surface area contributed by atoms with Gasteiger partial charge in [-0.1, -0.05) is 20.8 Å². The van der Waals surface area contributed by atoms with Crippen LogP contribution in [0, 0.1) is 0 Å². The highest BCUT2D eigenvalue weighted by atomic mass is 16.5. The Bertz CT molecular complexity index is 339. The zero-order chi connectivity index (χ0) is 10.8. The molecular weight excluding hydrogens is 178 g/mol. The summed E-state index contributed by atoms with van der Waals surface area (Å²) in [5.41, 5.74) is 1.17. The molecule has 0 spiro atoms.